The van der Waals surface area contributed by atoms with E-state index in [1.165, 1.54) is 19.2 Å². The first-order valence-electron chi connectivity index (χ1n) is 8.17. The Balaban J connectivity index is 2.27. The molecule has 0 saturated carbocycles. The fourth-order valence-corrected chi connectivity index (χ4v) is 3.68. The largest absolute Gasteiger partial charge is 0.497 e. The molecule has 0 spiro atoms. The number of anilines is 2. The summed E-state index contributed by atoms with van der Waals surface area (Å²) in [5, 5.41) is 6.39. The number of benzene rings is 2. The average molecular weight is 410 g/mol. The van der Waals surface area contributed by atoms with Crippen LogP contribution in [-0.4, -0.2) is 33.8 Å². The lowest BCUT2D eigenvalue weighted by molar-refractivity contribution is 0.415. The SMILES string of the molecule is COc1ccc(NS(=O)(=O)c2ccc(OC)c(NC(=S)NC(C)C)c2)cc1. The molecule has 7 nitrogen and oxygen atoms in total. The molecule has 2 rings (SSSR count). The average Bonchev–Trinajstić information content (AvgIpc) is 2.61. The van der Waals surface area contributed by atoms with Gasteiger partial charge >= 0.3 is 0 Å². The van der Waals surface area contributed by atoms with Crippen molar-refractivity contribution in [3.63, 3.8) is 0 Å². The predicted octanol–water partition coefficient (Wildman–Crippen LogP) is 3.20. The summed E-state index contributed by atoms with van der Waals surface area (Å²) in [6.45, 7) is 3.90. The van der Waals surface area contributed by atoms with Gasteiger partial charge in [0.15, 0.2) is 5.11 Å². The van der Waals surface area contributed by atoms with Crippen molar-refractivity contribution in [2.45, 2.75) is 24.8 Å². The Morgan fingerprint density at radius 2 is 1.70 bits per heavy atom. The van der Waals surface area contributed by atoms with E-state index in [4.69, 9.17) is 21.7 Å². The van der Waals surface area contributed by atoms with E-state index >= 15 is 0 Å². The highest BCUT2D eigenvalue weighted by Crippen LogP contribution is 2.28. The summed E-state index contributed by atoms with van der Waals surface area (Å²) in [6.07, 6.45) is 0. The van der Waals surface area contributed by atoms with Gasteiger partial charge in [-0.3, -0.25) is 4.72 Å². The Morgan fingerprint density at radius 1 is 1.04 bits per heavy atom. The van der Waals surface area contributed by atoms with E-state index in [0.29, 0.717) is 28.0 Å². The zero-order valence-corrected chi connectivity index (χ0v) is 17.2. The van der Waals surface area contributed by atoms with Crippen LogP contribution in [0.2, 0.25) is 0 Å². The molecule has 0 heterocycles. The Hall–Kier alpha value is -2.52. The molecule has 0 saturated heterocycles. The summed E-state index contributed by atoms with van der Waals surface area (Å²) in [7, 11) is -0.741. The van der Waals surface area contributed by atoms with Crippen LogP contribution >= 0.6 is 12.2 Å². The number of rotatable bonds is 7. The Morgan fingerprint density at radius 3 is 2.26 bits per heavy atom. The van der Waals surface area contributed by atoms with Gasteiger partial charge in [-0.15, -0.1) is 0 Å². The minimum Gasteiger partial charge on any atom is -0.497 e. The van der Waals surface area contributed by atoms with Crippen LogP contribution in [0.5, 0.6) is 11.5 Å². The molecule has 2 aromatic carbocycles. The van der Waals surface area contributed by atoms with Crippen LogP contribution < -0.4 is 24.8 Å². The second kappa shape index (κ2) is 8.92. The first-order valence-corrected chi connectivity index (χ1v) is 10.1. The van der Waals surface area contributed by atoms with Crippen molar-refractivity contribution >= 4 is 38.7 Å². The van der Waals surface area contributed by atoms with E-state index in [2.05, 4.69) is 15.4 Å². The predicted molar refractivity (Wildman–Crippen MR) is 111 cm³/mol. The number of ether oxygens (including phenoxy) is 2. The van der Waals surface area contributed by atoms with Crippen LogP contribution in [0.25, 0.3) is 0 Å². The Kier molecular flexibility index (Phi) is 6.86. The smallest absolute Gasteiger partial charge is 0.261 e. The van der Waals surface area contributed by atoms with Gasteiger partial charge in [0.2, 0.25) is 0 Å². The molecule has 27 heavy (non-hydrogen) atoms. The van der Waals surface area contributed by atoms with Crippen molar-refractivity contribution in [2.75, 3.05) is 24.3 Å². The zero-order valence-electron chi connectivity index (χ0n) is 15.6. The van der Waals surface area contributed by atoms with Gasteiger partial charge in [-0.05, 0) is 68.5 Å². The molecule has 146 valence electrons. The highest BCUT2D eigenvalue weighted by molar-refractivity contribution is 7.92. The summed E-state index contributed by atoms with van der Waals surface area (Å²) in [5.74, 6) is 1.12. The quantitative estimate of drug-likeness (QED) is 0.605. The summed E-state index contributed by atoms with van der Waals surface area (Å²) >= 11 is 5.23. The maximum absolute atomic E-state index is 12.7. The highest BCUT2D eigenvalue weighted by atomic mass is 32.2. The summed E-state index contributed by atoms with van der Waals surface area (Å²) in [4.78, 5) is 0.0777. The highest BCUT2D eigenvalue weighted by Gasteiger charge is 2.17. The van der Waals surface area contributed by atoms with E-state index in [1.807, 2.05) is 13.8 Å². The van der Waals surface area contributed by atoms with Crippen molar-refractivity contribution in [1.29, 1.82) is 0 Å². The second-order valence-corrected chi connectivity index (χ2v) is 8.04. The van der Waals surface area contributed by atoms with E-state index in [9.17, 15) is 8.42 Å². The molecule has 0 amide bonds. The monoisotopic (exact) mass is 409 g/mol. The third-order valence-corrected chi connectivity index (χ3v) is 5.09. The lowest BCUT2D eigenvalue weighted by Crippen LogP contribution is -2.34. The van der Waals surface area contributed by atoms with Crippen LogP contribution in [0, 0.1) is 0 Å². The number of nitrogens with one attached hydrogen (secondary N) is 3. The molecule has 0 bridgehead atoms. The van der Waals surface area contributed by atoms with Crippen molar-refractivity contribution in [3.05, 3.63) is 42.5 Å². The topological polar surface area (TPSA) is 88.7 Å². The number of hydrogen-bond acceptors (Lipinski definition) is 5. The molecule has 3 N–H and O–H groups in total. The number of methoxy groups -OCH3 is 2. The van der Waals surface area contributed by atoms with Gasteiger partial charge < -0.3 is 20.1 Å². The number of hydrogen-bond donors (Lipinski definition) is 3. The molecule has 0 atom stereocenters. The van der Waals surface area contributed by atoms with Crippen LogP contribution in [0.1, 0.15) is 13.8 Å². The van der Waals surface area contributed by atoms with E-state index in [-0.39, 0.29) is 10.9 Å². The Bertz CT molecular complexity index is 897. The molecule has 0 radical (unpaired) electrons. The summed E-state index contributed by atoms with van der Waals surface area (Å²) in [5.41, 5.74) is 0.881. The first kappa shape index (κ1) is 20.8. The molecule has 2 aromatic rings. The molecular formula is C18H23N3O4S2. The fourth-order valence-electron chi connectivity index (χ4n) is 2.25. The molecule has 9 heteroatoms. The van der Waals surface area contributed by atoms with Gasteiger partial charge in [-0.1, -0.05) is 0 Å². The van der Waals surface area contributed by atoms with Crippen LogP contribution in [0.15, 0.2) is 47.4 Å². The molecule has 0 unspecified atom stereocenters. The van der Waals surface area contributed by atoms with Gasteiger partial charge in [-0.2, -0.15) is 0 Å². The summed E-state index contributed by atoms with van der Waals surface area (Å²) in [6, 6.07) is 11.3. The third kappa shape index (κ3) is 5.73. The van der Waals surface area contributed by atoms with E-state index < -0.39 is 10.0 Å². The van der Waals surface area contributed by atoms with Crippen molar-refractivity contribution in [3.8, 4) is 11.5 Å². The van der Waals surface area contributed by atoms with Crippen LogP contribution in [0.3, 0.4) is 0 Å². The van der Waals surface area contributed by atoms with Gasteiger partial charge in [0.1, 0.15) is 11.5 Å². The molecule has 0 aliphatic heterocycles. The van der Waals surface area contributed by atoms with Gasteiger partial charge in [-0.25, -0.2) is 8.42 Å². The van der Waals surface area contributed by atoms with Gasteiger partial charge in [0, 0.05) is 11.7 Å². The fraction of sp³-hybridized carbons (Fsp3) is 0.278. The molecule has 0 aliphatic rings. The minimum absolute atomic E-state index is 0.0777. The normalized spacial score (nSPS) is 11.0. The van der Waals surface area contributed by atoms with Crippen LogP contribution in [0.4, 0.5) is 11.4 Å². The van der Waals surface area contributed by atoms with Crippen molar-refractivity contribution in [1.82, 2.24) is 5.32 Å². The maximum Gasteiger partial charge on any atom is 0.261 e. The van der Waals surface area contributed by atoms with Gasteiger partial charge in [0.25, 0.3) is 10.0 Å². The molecule has 0 aliphatic carbocycles. The molecule has 0 fully saturated rings. The summed E-state index contributed by atoms with van der Waals surface area (Å²) < 4.78 is 38.3. The lowest BCUT2D eigenvalue weighted by atomic mass is 10.3. The van der Waals surface area contributed by atoms with Gasteiger partial charge in [0.05, 0.1) is 24.8 Å². The standard InChI is InChI=1S/C18H23N3O4S2/c1-12(2)19-18(26)20-16-11-15(9-10-17(16)25-4)27(22,23)21-13-5-7-14(24-3)8-6-13/h5-12,21H,1-4H3,(H2,19,20,26). The maximum atomic E-state index is 12.7. The molecule has 0 aromatic heterocycles. The Labute approximate surface area is 165 Å². The second-order valence-electron chi connectivity index (χ2n) is 5.95. The molecular weight excluding hydrogens is 386 g/mol. The first-order chi connectivity index (χ1) is 12.7. The zero-order chi connectivity index (χ0) is 20.0. The third-order valence-electron chi connectivity index (χ3n) is 3.49. The van der Waals surface area contributed by atoms with E-state index in [1.54, 1.807) is 37.4 Å². The number of thiocarbonyl (C=S) groups is 1. The van der Waals surface area contributed by atoms with Crippen molar-refractivity contribution < 1.29 is 17.9 Å². The minimum atomic E-state index is -3.79. The number of sulfonamides is 1. The lowest BCUT2D eigenvalue weighted by Gasteiger charge is -2.16. The van der Waals surface area contributed by atoms with Crippen LogP contribution in [-0.2, 0) is 10.0 Å². The van der Waals surface area contributed by atoms with Crippen molar-refractivity contribution in [2.24, 2.45) is 0 Å². The van der Waals surface area contributed by atoms with E-state index in [0.717, 1.165) is 0 Å².